The summed E-state index contributed by atoms with van der Waals surface area (Å²) in [7, 11) is -3.53. The molecule has 2 saturated heterocycles. The number of nitrogens with zero attached hydrogens (tertiary/aromatic N) is 5. The minimum Gasteiger partial charge on any atom is -0.378 e. The van der Waals surface area contributed by atoms with Gasteiger partial charge in [-0.1, -0.05) is 11.6 Å². The van der Waals surface area contributed by atoms with Crippen molar-refractivity contribution in [2.24, 2.45) is 0 Å². The number of piperazine rings is 1. The maximum atomic E-state index is 12.9. The van der Waals surface area contributed by atoms with E-state index in [0.29, 0.717) is 50.4 Å². The summed E-state index contributed by atoms with van der Waals surface area (Å²) in [5.74, 6) is 1.54. The molecule has 0 radical (unpaired) electrons. The van der Waals surface area contributed by atoms with Crippen LogP contribution in [0.5, 0.6) is 0 Å². The number of morpholine rings is 1. The normalized spacial score (nSPS) is 18.8. The molecule has 10 heteroatoms. The van der Waals surface area contributed by atoms with E-state index in [4.69, 9.17) is 21.3 Å². The maximum absolute atomic E-state index is 12.9. The second-order valence-corrected chi connectivity index (χ2v) is 9.49. The Kier molecular flexibility index (Phi) is 5.91. The van der Waals surface area contributed by atoms with Crippen LogP contribution < -0.4 is 9.80 Å². The molecule has 2 fully saturated rings. The molecule has 4 rings (SSSR count). The monoisotopic (exact) mass is 437 g/mol. The van der Waals surface area contributed by atoms with E-state index in [-0.39, 0.29) is 4.90 Å². The van der Waals surface area contributed by atoms with Gasteiger partial charge in [-0.15, -0.1) is 0 Å². The van der Waals surface area contributed by atoms with Crippen LogP contribution in [0.15, 0.2) is 35.2 Å². The third-order valence-corrected chi connectivity index (χ3v) is 7.30. The third-order valence-electron chi connectivity index (χ3n) is 5.14. The van der Waals surface area contributed by atoms with Crippen molar-refractivity contribution in [1.29, 1.82) is 0 Å². The van der Waals surface area contributed by atoms with Gasteiger partial charge < -0.3 is 14.5 Å². The molecule has 0 N–H and O–H groups in total. The first kappa shape index (κ1) is 20.3. The van der Waals surface area contributed by atoms with Gasteiger partial charge in [0.1, 0.15) is 5.82 Å². The zero-order valence-corrected chi connectivity index (χ0v) is 17.9. The number of benzene rings is 1. The van der Waals surface area contributed by atoms with Gasteiger partial charge in [0.2, 0.25) is 16.0 Å². The lowest BCUT2D eigenvalue weighted by atomic mass is 10.3. The van der Waals surface area contributed by atoms with E-state index in [1.165, 1.54) is 4.31 Å². The van der Waals surface area contributed by atoms with Gasteiger partial charge in [0, 0.05) is 56.1 Å². The highest BCUT2D eigenvalue weighted by Gasteiger charge is 2.29. The van der Waals surface area contributed by atoms with E-state index in [9.17, 15) is 8.42 Å². The van der Waals surface area contributed by atoms with Crippen LogP contribution in [0.1, 0.15) is 5.69 Å². The van der Waals surface area contributed by atoms with Crippen molar-refractivity contribution in [2.45, 2.75) is 11.8 Å². The predicted molar refractivity (Wildman–Crippen MR) is 112 cm³/mol. The lowest BCUT2D eigenvalue weighted by molar-refractivity contribution is 0.122. The van der Waals surface area contributed by atoms with Crippen molar-refractivity contribution in [1.82, 2.24) is 14.3 Å². The SMILES string of the molecule is Cc1cc(N2CCOCC2)nc(N2CCN(S(=O)(=O)c3ccc(Cl)cc3)CC2)n1. The van der Waals surface area contributed by atoms with Gasteiger partial charge in [-0.25, -0.2) is 13.4 Å². The van der Waals surface area contributed by atoms with Crippen molar-refractivity contribution in [3.63, 3.8) is 0 Å². The number of rotatable bonds is 4. The Morgan fingerprint density at radius 3 is 2.24 bits per heavy atom. The molecule has 0 saturated carbocycles. The number of hydrogen-bond acceptors (Lipinski definition) is 7. The highest BCUT2D eigenvalue weighted by Crippen LogP contribution is 2.23. The summed E-state index contributed by atoms with van der Waals surface area (Å²) in [6, 6.07) is 8.26. The number of hydrogen-bond donors (Lipinski definition) is 0. The molecule has 0 bridgehead atoms. The lowest BCUT2D eigenvalue weighted by Gasteiger charge is -2.35. The van der Waals surface area contributed by atoms with Crippen molar-refractivity contribution >= 4 is 33.4 Å². The van der Waals surface area contributed by atoms with Gasteiger partial charge in [0.05, 0.1) is 18.1 Å². The zero-order chi connectivity index (χ0) is 20.4. The minimum atomic E-state index is -3.53. The summed E-state index contributed by atoms with van der Waals surface area (Å²) in [5, 5.41) is 0.515. The summed E-state index contributed by atoms with van der Waals surface area (Å²) < 4.78 is 32.7. The molecule has 0 amide bonds. The lowest BCUT2D eigenvalue weighted by Crippen LogP contribution is -2.49. The standard InChI is InChI=1S/C19H24ClN5O3S/c1-15-14-18(23-10-12-28-13-11-23)22-19(21-15)24-6-8-25(9-7-24)29(26,27)17-4-2-16(20)3-5-17/h2-5,14H,6-13H2,1H3. The Morgan fingerprint density at radius 2 is 1.59 bits per heavy atom. The van der Waals surface area contributed by atoms with Gasteiger partial charge in [0.15, 0.2) is 0 Å². The molecule has 2 aliphatic rings. The van der Waals surface area contributed by atoms with Crippen molar-refractivity contribution in [3.05, 3.63) is 41.0 Å². The van der Waals surface area contributed by atoms with E-state index in [2.05, 4.69) is 9.88 Å². The Morgan fingerprint density at radius 1 is 0.931 bits per heavy atom. The van der Waals surface area contributed by atoms with Crippen LogP contribution >= 0.6 is 11.6 Å². The van der Waals surface area contributed by atoms with Crippen molar-refractivity contribution in [2.75, 3.05) is 62.3 Å². The van der Waals surface area contributed by atoms with Crippen LogP contribution in [-0.4, -0.2) is 75.2 Å². The Hall–Kier alpha value is -1.94. The average Bonchev–Trinajstić information content (AvgIpc) is 2.74. The first-order chi connectivity index (χ1) is 13.9. The van der Waals surface area contributed by atoms with E-state index in [1.807, 2.05) is 17.9 Å². The molecule has 0 aliphatic carbocycles. The second-order valence-electron chi connectivity index (χ2n) is 7.11. The fraction of sp³-hybridized carbons (Fsp3) is 0.474. The van der Waals surface area contributed by atoms with Crippen LogP contribution in [0.3, 0.4) is 0 Å². The molecule has 3 heterocycles. The molecule has 1 aromatic carbocycles. The molecule has 8 nitrogen and oxygen atoms in total. The van der Waals surface area contributed by atoms with E-state index >= 15 is 0 Å². The average molecular weight is 438 g/mol. The third kappa shape index (κ3) is 4.48. The number of sulfonamides is 1. The van der Waals surface area contributed by atoms with Gasteiger partial charge in [-0.3, -0.25) is 0 Å². The van der Waals surface area contributed by atoms with E-state index < -0.39 is 10.0 Å². The predicted octanol–water partition coefficient (Wildman–Crippen LogP) is 1.79. The summed E-state index contributed by atoms with van der Waals surface area (Å²) in [5.41, 5.74) is 0.896. The molecular weight excluding hydrogens is 414 g/mol. The van der Waals surface area contributed by atoms with Gasteiger partial charge >= 0.3 is 0 Å². The molecule has 1 aromatic heterocycles. The first-order valence-electron chi connectivity index (χ1n) is 9.62. The molecule has 0 spiro atoms. The number of halogens is 1. The highest BCUT2D eigenvalue weighted by molar-refractivity contribution is 7.89. The Balaban J connectivity index is 1.47. The Labute approximate surface area is 176 Å². The van der Waals surface area contributed by atoms with Crippen LogP contribution in [0, 0.1) is 6.92 Å². The molecule has 2 aromatic rings. The number of anilines is 2. The van der Waals surface area contributed by atoms with Gasteiger partial charge in [-0.05, 0) is 31.2 Å². The molecule has 156 valence electrons. The number of ether oxygens (including phenoxy) is 1. The molecule has 2 aliphatic heterocycles. The molecular formula is C19H24ClN5O3S. The van der Waals surface area contributed by atoms with Gasteiger partial charge in [0.25, 0.3) is 0 Å². The van der Waals surface area contributed by atoms with E-state index in [0.717, 1.165) is 24.6 Å². The smallest absolute Gasteiger partial charge is 0.243 e. The zero-order valence-electron chi connectivity index (χ0n) is 16.3. The van der Waals surface area contributed by atoms with Crippen molar-refractivity contribution < 1.29 is 13.2 Å². The molecule has 0 unspecified atom stereocenters. The number of aromatic nitrogens is 2. The quantitative estimate of drug-likeness (QED) is 0.721. The maximum Gasteiger partial charge on any atom is 0.243 e. The van der Waals surface area contributed by atoms with Crippen LogP contribution in [-0.2, 0) is 14.8 Å². The van der Waals surface area contributed by atoms with E-state index in [1.54, 1.807) is 24.3 Å². The molecule has 0 atom stereocenters. The second kappa shape index (κ2) is 8.43. The highest BCUT2D eigenvalue weighted by atomic mass is 35.5. The summed E-state index contributed by atoms with van der Waals surface area (Å²) in [4.78, 5) is 13.8. The Bertz CT molecular complexity index is 956. The topological polar surface area (TPSA) is 78.9 Å². The van der Waals surface area contributed by atoms with Gasteiger partial charge in [-0.2, -0.15) is 9.29 Å². The summed E-state index contributed by atoms with van der Waals surface area (Å²) in [6.45, 7) is 6.81. The first-order valence-corrected chi connectivity index (χ1v) is 11.4. The van der Waals surface area contributed by atoms with Crippen LogP contribution in [0.25, 0.3) is 0 Å². The number of aryl methyl sites for hydroxylation is 1. The summed E-state index contributed by atoms with van der Waals surface area (Å²) >= 11 is 5.88. The fourth-order valence-electron chi connectivity index (χ4n) is 3.52. The largest absolute Gasteiger partial charge is 0.378 e. The fourth-order valence-corrected chi connectivity index (χ4v) is 5.06. The minimum absolute atomic E-state index is 0.261. The summed E-state index contributed by atoms with van der Waals surface area (Å²) in [6.07, 6.45) is 0. The van der Waals surface area contributed by atoms with Crippen LogP contribution in [0.2, 0.25) is 5.02 Å². The van der Waals surface area contributed by atoms with Crippen LogP contribution in [0.4, 0.5) is 11.8 Å². The molecule has 29 heavy (non-hydrogen) atoms. The van der Waals surface area contributed by atoms with Crippen molar-refractivity contribution in [3.8, 4) is 0 Å².